The number of hydrogen-bond donors (Lipinski definition) is 7. The highest BCUT2D eigenvalue weighted by atomic mass is 32.1. The van der Waals surface area contributed by atoms with E-state index in [1.165, 1.54) is 12.5 Å². The molecule has 0 aliphatic heterocycles. The topological polar surface area (TPSA) is 179 Å². The number of rotatable bonds is 14. The van der Waals surface area contributed by atoms with Crippen LogP contribution in [0.3, 0.4) is 0 Å². The van der Waals surface area contributed by atoms with Crippen molar-refractivity contribution in [2.45, 2.75) is 71.1 Å². The van der Waals surface area contributed by atoms with E-state index in [9.17, 15) is 24.3 Å². The summed E-state index contributed by atoms with van der Waals surface area (Å²) in [7, 11) is 0. The third kappa shape index (κ3) is 10.3. The van der Waals surface area contributed by atoms with Gasteiger partial charge in [0.05, 0.1) is 12.4 Å². The van der Waals surface area contributed by atoms with Gasteiger partial charge < -0.3 is 31.8 Å². The van der Waals surface area contributed by atoms with Crippen LogP contribution in [0.25, 0.3) is 0 Å². The molecule has 0 spiro atoms. The number of nitrogens with one attached hydrogen (secondary N) is 4. The van der Waals surface area contributed by atoms with Crippen LogP contribution in [-0.4, -0.2) is 68.7 Å². The molecular formula is C21H36N6O5S. The molecule has 0 bridgehead atoms. The molecule has 33 heavy (non-hydrogen) atoms. The van der Waals surface area contributed by atoms with Crippen LogP contribution in [0.15, 0.2) is 12.5 Å². The second-order valence-corrected chi connectivity index (χ2v) is 9.22. The number of nitrogens with zero attached hydrogens (tertiary/aromatic N) is 1. The van der Waals surface area contributed by atoms with Crippen LogP contribution >= 0.6 is 12.6 Å². The second-order valence-electron chi connectivity index (χ2n) is 8.85. The summed E-state index contributed by atoms with van der Waals surface area (Å²) in [5.74, 6) is -2.71. The first kappa shape index (κ1) is 28.4. The average molecular weight is 485 g/mol. The van der Waals surface area contributed by atoms with Crippen molar-refractivity contribution in [3.05, 3.63) is 18.2 Å². The number of amides is 3. The minimum Gasteiger partial charge on any atom is -0.480 e. The smallest absolute Gasteiger partial charge is 0.326 e. The van der Waals surface area contributed by atoms with Crippen LogP contribution in [0, 0.1) is 11.8 Å². The molecule has 12 heteroatoms. The molecular weight excluding hydrogens is 448 g/mol. The number of carbonyl (C=O) groups excluding carboxylic acids is 3. The van der Waals surface area contributed by atoms with E-state index in [1.54, 1.807) is 0 Å². The third-order valence-electron chi connectivity index (χ3n) is 4.81. The zero-order valence-electron chi connectivity index (χ0n) is 19.5. The fourth-order valence-corrected chi connectivity index (χ4v) is 3.29. The van der Waals surface area contributed by atoms with Gasteiger partial charge in [0, 0.05) is 24.1 Å². The predicted octanol–water partition coefficient (Wildman–Crippen LogP) is -0.159. The number of aliphatic carboxylic acids is 1. The van der Waals surface area contributed by atoms with Crippen molar-refractivity contribution in [3.63, 3.8) is 0 Å². The quantitative estimate of drug-likeness (QED) is 0.179. The average Bonchev–Trinajstić information content (AvgIpc) is 3.23. The molecule has 0 aliphatic carbocycles. The first-order valence-electron chi connectivity index (χ1n) is 10.9. The van der Waals surface area contributed by atoms with Crippen LogP contribution in [0.2, 0.25) is 0 Å². The summed E-state index contributed by atoms with van der Waals surface area (Å²) in [5.41, 5.74) is 6.32. The lowest BCUT2D eigenvalue weighted by Gasteiger charge is -2.26. The Hall–Kier alpha value is -2.60. The molecule has 1 rings (SSSR count). The number of imidazole rings is 1. The van der Waals surface area contributed by atoms with Crippen molar-refractivity contribution >= 4 is 36.3 Å². The van der Waals surface area contributed by atoms with Gasteiger partial charge >= 0.3 is 5.97 Å². The molecule has 1 aromatic rings. The van der Waals surface area contributed by atoms with Gasteiger partial charge in [0.2, 0.25) is 17.7 Å². The van der Waals surface area contributed by atoms with E-state index in [0.29, 0.717) is 5.69 Å². The van der Waals surface area contributed by atoms with Crippen molar-refractivity contribution < 1.29 is 24.3 Å². The van der Waals surface area contributed by atoms with Crippen LogP contribution in [-0.2, 0) is 25.6 Å². The lowest BCUT2D eigenvalue weighted by molar-refractivity contribution is -0.143. The highest BCUT2D eigenvalue weighted by molar-refractivity contribution is 7.80. The van der Waals surface area contributed by atoms with Crippen molar-refractivity contribution in [2.24, 2.45) is 17.6 Å². The van der Waals surface area contributed by atoms with Crippen molar-refractivity contribution in [3.8, 4) is 0 Å². The summed E-state index contributed by atoms with van der Waals surface area (Å²) < 4.78 is 0. The first-order valence-corrected chi connectivity index (χ1v) is 11.5. The Morgan fingerprint density at radius 1 is 0.970 bits per heavy atom. The molecule has 0 saturated carbocycles. The molecule has 0 fully saturated rings. The Labute approximate surface area is 199 Å². The first-order chi connectivity index (χ1) is 15.4. The van der Waals surface area contributed by atoms with Crippen LogP contribution in [0.1, 0.15) is 46.2 Å². The zero-order valence-corrected chi connectivity index (χ0v) is 20.4. The molecule has 186 valence electrons. The number of carbonyl (C=O) groups is 4. The van der Waals surface area contributed by atoms with Gasteiger partial charge in [-0.3, -0.25) is 14.4 Å². The van der Waals surface area contributed by atoms with E-state index < -0.39 is 47.9 Å². The second kappa shape index (κ2) is 13.8. The van der Waals surface area contributed by atoms with Gasteiger partial charge in [-0.1, -0.05) is 27.7 Å². The summed E-state index contributed by atoms with van der Waals surface area (Å²) in [6.07, 6.45) is 3.60. The molecule has 0 aromatic carbocycles. The summed E-state index contributed by atoms with van der Waals surface area (Å²) in [4.78, 5) is 56.6. The number of aromatic amines is 1. The fraction of sp³-hybridized carbons (Fsp3) is 0.667. The number of hydrogen-bond acceptors (Lipinski definition) is 7. The van der Waals surface area contributed by atoms with Gasteiger partial charge in [0.15, 0.2) is 0 Å². The van der Waals surface area contributed by atoms with E-state index in [4.69, 9.17) is 5.73 Å². The molecule has 7 N–H and O–H groups in total. The maximum Gasteiger partial charge on any atom is 0.326 e. The minimum atomic E-state index is -1.14. The largest absolute Gasteiger partial charge is 0.480 e. The Bertz CT molecular complexity index is 786. The summed E-state index contributed by atoms with van der Waals surface area (Å²) >= 11 is 4.01. The molecule has 1 aromatic heterocycles. The lowest BCUT2D eigenvalue weighted by atomic mass is 10.00. The molecule has 4 atom stereocenters. The standard InChI is InChI=1S/C21H36N6O5S/c1-11(2)5-15(19(29)27-17(21(31)32)6-12(3)4)26-20(30)16(7-13-8-23-10-24-13)25-18(28)14(22)9-33/h8,10-12,14-17,33H,5-7,9,22H2,1-4H3,(H,23,24)(H,25,28)(H,26,30)(H,27,29)(H,31,32). The van der Waals surface area contributed by atoms with Crippen LogP contribution in [0.4, 0.5) is 0 Å². The molecule has 1 heterocycles. The molecule has 11 nitrogen and oxygen atoms in total. The van der Waals surface area contributed by atoms with Gasteiger partial charge in [-0.25, -0.2) is 9.78 Å². The molecule has 0 saturated heterocycles. The molecule has 0 radical (unpaired) electrons. The van der Waals surface area contributed by atoms with Gasteiger partial charge in [0.1, 0.15) is 18.1 Å². The number of aromatic nitrogens is 2. The van der Waals surface area contributed by atoms with E-state index in [-0.39, 0.29) is 36.9 Å². The highest BCUT2D eigenvalue weighted by Gasteiger charge is 2.31. The lowest BCUT2D eigenvalue weighted by Crippen LogP contribution is -2.58. The number of nitrogens with two attached hydrogens (primary N) is 1. The Balaban J connectivity index is 3.02. The summed E-state index contributed by atoms with van der Waals surface area (Å²) in [6, 6.07) is -3.99. The number of carboxylic acid groups (broad SMARTS) is 1. The maximum absolute atomic E-state index is 13.1. The van der Waals surface area contributed by atoms with Gasteiger partial charge in [0.25, 0.3) is 0 Å². The van der Waals surface area contributed by atoms with E-state index >= 15 is 0 Å². The Morgan fingerprint density at radius 3 is 1.97 bits per heavy atom. The monoisotopic (exact) mass is 484 g/mol. The van der Waals surface area contributed by atoms with Crippen molar-refractivity contribution in [2.75, 3.05) is 5.75 Å². The van der Waals surface area contributed by atoms with Gasteiger partial charge in [-0.2, -0.15) is 12.6 Å². The maximum atomic E-state index is 13.1. The number of H-pyrrole nitrogens is 1. The Kier molecular flexibility index (Phi) is 11.9. The van der Waals surface area contributed by atoms with Crippen LogP contribution in [0.5, 0.6) is 0 Å². The van der Waals surface area contributed by atoms with E-state index in [1.807, 2.05) is 27.7 Å². The van der Waals surface area contributed by atoms with Crippen molar-refractivity contribution in [1.82, 2.24) is 25.9 Å². The molecule has 0 aliphatic rings. The minimum absolute atomic E-state index is 0.0349. The van der Waals surface area contributed by atoms with Crippen LogP contribution < -0.4 is 21.7 Å². The normalized spacial score (nSPS) is 14.9. The SMILES string of the molecule is CC(C)CC(NC(=O)C(CC(C)C)NC(=O)C(Cc1cnc[nH]1)NC(=O)C(N)CS)C(=O)O. The summed E-state index contributed by atoms with van der Waals surface area (Å²) in [5, 5.41) is 17.2. The Morgan fingerprint density at radius 2 is 1.48 bits per heavy atom. The summed E-state index contributed by atoms with van der Waals surface area (Å²) in [6.45, 7) is 7.47. The molecule has 4 unspecified atom stereocenters. The number of carboxylic acids is 1. The predicted molar refractivity (Wildman–Crippen MR) is 126 cm³/mol. The van der Waals surface area contributed by atoms with Crippen molar-refractivity contribution in [1.29, 1.82) is 0 Å². The highest BCUT2D eigenvalue weighted by Crippen LogP contribution is 2.10. The fourth-order valence-electron chi connectivity index (χ4n) is 3.13. The van der Waals surface area contributed by atoms with Gasteiger partial charge in [-0.05, 0) is 24.7 Å². The van der Waals surface area contributed by atoms with E-state index in [0.717, 1.165) is 0 Å². The zero-order chi connectivity index (χ0) is 25.1. The number of thiol groups is 1. The van der Waals surface area contributed by atoms with Gasteiger partial charge in [-0.15, -0.1) is 0 Å². The van der Waals surface area contributed by atoms with E-state index in [2.05, 4.69) is 38.5 Å². The molecule has 3 amide bonds. The third-order valence-corrected chi connectivity index (χ3v) is 5.20.